The summed E-state index contributed by atoms with van der Waals surface area (Å²) in [7, 11) is 1.56. The molecule has 0 aromatic heterocycles. The summed E-state index contributed by atoms with van der Waals surface area (Å²) in [5, 5.41) is 0. The monoisotopic (exact) mass is 345 g/mol. The Labute approximate surface area is 149 Å². The highest BCUT2D eigenvalue weighted by atomic mass is 16.7. The average molecular weight is 345 g/mol. The highest BCUT2D eigenvalue weighted by Crippen LogP contribution is 2.07. The molecule has 2 atom stereocenters. The van der Waals surface area contributed by atoms with Gasteiger partial charge in [0.05, 0.1) is 19.8 Å². The van der Waals surface area contributed by atoms with E-state index in [0.717, 1.165) is 17.5 Å². The molecule has 0 radical (unpaired) electrons. The van der Waals surface area contributed by atoms with Crippen LogP contribution >= 0.6 is 0 Å². The first-order valence-corrected chi connectivity index (χ1v) is 8.47. The van der Waals surface area contributed by atoms with Crippen LogP contribution in [0, 0.1) is 0 Å². The average Bonchev–Trinajstić information content (AvgIpc) is 2.67. The van der Waals surface area contributed by atoms with E-state index in [-0.39, 0.29) is 0 Å². The lowest BCUT2D eigenvalue weighted by molar-refractivity contribution is -0.197. The Kier molecular flexibility index (Phi) is 9.18. The molecule has 5 nitrogen and oxygen atoms in total. The number of hydrogen-bond acceptors (Lipinski definition) is 5. The van der Waals surface area contributed by atoms with E-state index in [2.05, 4.69) is 0 Å². The third kappa shape index (κ3) is 7.77. The summed E-state index contributed by atoms with van der Waals surface area (Å²) >= 11 is 0. The van der Waals surface area contributed by atoms with Crippen LogP contribution in [0.15, 0.2) is 60.7 Å². The number of hydrogen-bond donors (Lipinski definition) is 1. The van der Waals surface area contributed by atoms with Gasteiger partial charge in [-0.2, -0.15) is 0 Å². The predicted molar refractivity (Wildman–Crippen MR) is 96.7 cm³/mol. The van der Waals surface area contributed by atoms with E-state index in [1.165, 1.54) is 0 Å². The topological polar surface area (TPSA) is 62.9 Å². The highest BCUT2D eigenvalue weighted by molar-refractivity contribution is 5.14. The van der Waals surface area contributed by atoms with Gasteiger partial charge in [0.25, 0.3) is 0 Å². The van der Waals surface area contributed by atoms with Gasteiger partial charge >= 0.3 is 0 Å². The van der Waals surface area contributed by atoms with E-state index in [9.17, 15) is 0 Å². The van der Waals surface area contributed by atoms with Crippen molar-refractivity contribution in [1.29, 1.82) is 0 Å². The Morgan fingerprint density at radius 1 is 0.800 bits per heavy atom. The van der Waals surface area contributed by atoms with Crippen molar-refractivity contribution in [2.45, 2.75) is 32.2 Å². The van der Waals surface area contributed by atoms with E-state index in [4.69, 9.17) is 24.7 Å². The Bertz CT molecular complexity index is 564. The first kappa shape index (κ1) is 19.6. The van der Waals surface area contributed by atoms with Gasteiger partial charge in [-0.1, -0.05) is 60.7 Å². The van der Waals surface area contributed by atoms with E-state index < -0.39 is 12.5 Å². The van der Waals surface area contributed by atoms with E-state index in [1.54, 1.807) is 7.11 Å². The fourth-order valence-corrected chi connectivity index (χ4v) is 2.27. The van der Waals surface area contributed by atoms with Gasteiger partial charge in [0.1, 0.15) is 0 Å². The molecular formula is C20H27NO4. The summed E-state index contributed by atoms with van der Waals surface area (Å²) in [5.74, 6) is 0. The molecule has 2 aromatic carbocycles. The SMILES string of the molecule is COC(OCCCOCc1ccccc1)C(N)OCc1ccccc1. The van der Waals surface area contributed by atoms with Crippen molar-refractivity contribution in [1.82, 2.24) is 0 Å². The zero-order chi connectivity index (χ0) is 17.7. The third-order valence-electron chi connectivity index (χ3n) is 3.61. The third-order valence-corrected chi connectivity index (χ3v) is 3.61. The molecule has 2 unspecified atom stereocenters. The molecule has 0 heterocycles. The molecule has 2 rings (SSSR count). The van der Waals surface area contributed by atoms with Gasteiger partial charge in [0.15, 0.2) is 12.5 Å². The Balaban J connectivity index is 1.57. The number of methoxy groups -OCH3 is 1. The first-order valence-electron chi connectivity index (χ1n) is 8.47. The van der Waals surface area contributed by atoms with Crippen LogP contribution < -0.4 is 5.73 Å². The summed E-state index contributed by atoms with van der Waals surface area (Å²) in [5.41, 5.74) is 8.21. The molecule has 0 amide bonds. The van der Waals surface area contributed by atoms with Crippen LogP contribution in [0.2, 0.25) is 0 Å². The van der Waals surface area contributed by atoms with Crippen LogP contribution in [-0.2, 0) is 32.2 Å². The van der Waals surface area contributed by atoms with Crippen LogP contribution in [-0.4, -0.2) is 32.8 Å². The van der Waals surface area contributed by atoms with Gasteiger partial charge in [-0.25, -0.2) is 0 Å². The minimum Gasteiger partial charge on any atom is -0.377 e. The van der Waals surface area contributed by atoms with Crippen LogP contribution in [0.1, 0.15) is 17.5 Å². The first-order chi connectivity index (χ1) is 12.3. The zero-order valence-corrected chi connectivity index (χ0v) is 14.7. The molecule has 0 bridgehead atoms. The number of benzene rings is 2. The molecule has 5 heteroatoms. The lowest BCUT2D eigenvalue weighted by atomic mass is 10.2. The van der Waals surface area contributed by atoms with Crippen LogP contribution in [0.4, 0.5) is 0 Å². The summed E-state index contributed by atoms with van der Waals surface area (Å²) < 4.78 is 22.1. The minimum atomic E-state index is -0.643. The van der Waals surface area contributed by atoms with Gasteiger partial charge < -0.3 is 24.7 Å². The second kappa shape index (κ2) is 11.7. The van der Waals surface area contributed by atoms with Gasteiger partial charge in [0, 0.05) is 13.7 Å². The maximum Gasteiger partial charge on any atom is 0.196 e. The lowest BCUT2D eigenvalue weighted by Gasteiger charge is -2.23. The second-order valence-corrected chi connectivity index (χ2v) is 5.63. The molecule has 25 heavy (non-hydrogen) atoms. The molecule has 2 N–H and O–H groups in total. The molecule has 0 spiro atoms. The van der Waals surface area contributed by atoms with Gasteiger partial charge in [-0.3, -0.25) is 0 Å². The highest BCUT2D eigenvalue weighted by Gasteiger charge is 2.18. The molecular weight excluding hydrogens is 318 g/mol. The summed E-state index contributed by atoms with van der Waals surface area (Å²) in [6, 6.07) is 19.9. The maximum atomic E-state index is 5.99. The number of nitrogens with two attached hydrogens (primary N) is 1. The number of ether oxygens (including phenoxy) is 4. The minimum absolute atomic E-state index is 0.422. The smallest absolute Gasteiger partial charge is 0.196 e. The predicted octanol–water partition coefficient (Wildman–Crippen LogP) is 3.08. The number of rotatable bonds is 12. The fourth-order valence-electron chi connectivity index (χ4n) is 2.27. The van der Waals surface area contributed by atoms with Crippen molar-refractivity contribution >= 4 is 0 Å². The largest absolute Gasteiger partial charge is 0.377 e. The molecule has 0 saturated heterocycles. The Morgan fingerprint density at radius 2 is 1.40 bits per heavy atom. The fraction of sp³-hybridized carbons (Fsp3) is 0.400. The van der Waals surface area contributed by atoms with Crippen molar-refractivity contribution in [2.75, 3.05) is 20.3 Å². The van der Waals surface area contributed by atoms with E-state index in [0.29, 0.717) is 26.4 Å². The molecule has 0 aliphatic rings. The van der Waals surface area contributed by atoms with Gasteiger partial charge in [0.2, 0.25) is 0 Å². The Morgan fingerprint density at radius 3 is 2.00 bits per heavy atom. The molecule has 0 saturated carbocycles. The van der Waals surface area contributed by atoms with Crippen molar-refractivity contribution < 1.29 is 18.9 Å². The molecule has 0 aliphatic heterocycles. The standard InChI is InChI=1S/C20H27NO4/c1-22-20(19(21)25-16-18-11-6-3-7-12-18)24-14-8-13-23-15-17-9-4-2-5-10-17/h2-7,9-12,19-20H,8,13-16,21H2,1H3. The summed E-state index contributed by atoms with van der Waals surface area (Å²) in [6.45, 7) is 2.14. The van der Waals surface area contributed by atoms with Gasteiger partial charge in [-0.15, -0.1) is 0 Å². The quantitative estimate of drug-likeness (QED) is 0.473. The van der Waals surface area contributed by atoms with Crippen LogP contribution in [0.25, 0.3) is 0 Å². The maximum absolute atomic E-state index is 5.99. The zero-order valence-electron chi connectivity index (χ0n) is 14.7. The van der Waals surface area contributed by atoms with Gasteiger partial charge in [-0.05, 0) is 17.5 Å². The van der Waals surface area contributed by atoms with Crippen LogP contribution in [0.5, 0.6) is 0 Å². The van der Waals surface area contributed by atoms with Crippen LogP contribution in [0.3, 0.4) is 0 Å². The van der Waals surface area contributed by atoms with Crippen molar-refractivity contribution in [3.05, 3.63) is 71.8 Å². The summed E-state index contributed by atoms with van der Waals surface area (Å²) in [4.78, 5) is 0. The van der Waals surface area contributed by atoms with E-state index >= 15 is 0 Å². The summed E-state index contributed by atoms with van der Waals surface area (Å²) in [6.07, 6.45) is -0.480. The molecule has 0 fully saturated rings. The lowest BCUT2D eigenvalue weighted by Crippen LogP contribution is -2.40. The van der Waals surface area contributed by atoms with Crippen molar-refractivity contribution in [3.8, 4) is 0 Å². The normalized spacial score (nSPS) is 13.5. The molecule has 0 aliphatic carbocycles. The van der Waals surface area contributed by atoms with Crippen molar-refractivity contribution in [3.63, 3.8) is 0 Å². The molecule has 136 valence electrons. The Hall–Kier alpha value is -1.76. The van der Waals surface area contributed by atoms with E-state index in [1.807, 2.05) is 60.7 Å². The van der Waals surface area contributed by atoms with Crippen molar-refractivity contribution in [2.24, 2.45) is 5.73 Å². The molecule has 2 aromatic rings. The second-order valence-electron chi connectivity index (χ2n) is 5.63.